The number of carboxylic acids is 6. The molecule has 0 aliphatic rings. The van der Waals surface area contributed by atoms with Gasteiger partial charge in [0.1, 0.15) is 36.6 Å². The summed E-state index contributed by atoms with van der Waals surface area (Å²) in [4.78, 5) is 57.8. The van der Waals surface area contributed by atoms with E-state index in [0.717, 1.165) is 0 Å². The van der Waals surface area contributed by atoms with Crippen molar-refractivity contribution in [3.05, 3.63) is 0 Å². The van der Waals surface area contributed by atoms with Gasteiger partial charge in [-0.2, -0.15) is 0 Å². The van der Waals surface area contributed by atoms with Gasteiger partial charge in [-0.1, -0.05) is 0 Å². The van der Waals surface area contributed by atoms with Gasteiger partial charge in [0, 0.05) is 0 Å². The molecule has 0 heterocycles. The van der Waals surface area contributed by atoms with E-state index in [-0.39, 0.29) is 51.9 Å². The summed E-state index contributed by atoms with van der Waals surface area (Å²) in [7, 11) is 0. The van der Waals surface area contributed by atoms with Gasteiger partial charge < -0.3 is 90.0 Å². The fourth-order valence-electron chi connectivity index (χ4n) is 0.773. The Hall–Kier alpha value is -1.68. The molecular formula is C12H12NaO18Ta. The van der Waals surface area contributed by atoms with Gasteiger partial charge in [0.2, 0.25) is 0 Å². The van der Waals surface area contributed by atoms with Crippen molar-refractivity contribution in [2.45, 2.75) is 36.6 Å². The third kappa shape index (κ3) is 17.9. The third-order valence-electron chi connectivity index (χ3n) is 2.35. The van der Waals surface area contributed by atoms with Crippen LogP contribution in [0.25, 0.3) is 0 Å². The van der Waals surface area contributed by atoms with Crippen molar-refractivity contribution in [3.8, 4) is 0 Å². The third-order valence-corrected chi connectivity index (χ3v) is 2.35. The van der Waals surface area contributed by atoms with Crippen LogP contribution < -0.4 is 60.2 Å². The van der Waals surface area contributed by atoms with Crippen LogP contribution in [0.3, 0.4) is 0 Å². The van der Waals surface area contributed by atoms with E-state index in [1.807, 2.05) is 0 Å². The number of aliphatic hydroxyl groups is 6. The van der Waals surface area contributed by atoms with Gasteiger partial charge in [-0.15, -0.1) is 0 Å². The monoisotopic (exact) mass is 648 g/mol. The Bertz CT molecular complexity index is 500. The SMILES string of the molecule is O=C([O-])C(O)C(O)C(=O)[O-].O=C([O-])C(O)C(O)C(=O)[O-].O=C([O-])C(O)C(O)C(=O)[O-].[Na+].[Ta+5]. The van der Waals surface area contributed by atoms with Crippen LogP contribution in [-0.2, 0) is 51.1 Å². The maximum Gasteiger partial charge on any atom is 5.00 e. The second kappa shape index (κ2) is 20.0. The minimum absolute atomic E-state index is 0. The minimum atomic E-state index is -2.44. The Morgan fingerprint density at radius 3 is 0.469 bits per heavy atom. The molecule has 32 heavy (non-hydrogen) atoms. The van der Waals surface area contributed by atoms with Gasteiger partial charge in [-0.05, 0) is 0 Å². The van der Waals surface area contributed by atoms with Crippen LogP contribution in [0.4, 0.5) is 0 Å². The van der Waals surface area contributed by atoms with Crippen LogP contribution in [0.5, 0.6) is 0 Å². The summed E-state index contributed by atoms with van der Waals surface area (Å²) in [5.74, 6) is -12.4. The molecule has 0 bridgehead atoms. The van der Waals surface area contributed by atoms with E-state index in [1.54, 1.807) is 0 Å². The number of carbonyl (C=O) groups is 6. The second-order valence-corrected chi connectivity index (χ2v) is 4.58. The average Bonchev–Trinajstić information content (AvgIpc) is 2.64. The smallest absolute Gasteiger partial charge is 0.547 e. The number of carboxylic acid groups (broad SMARTS) is 6. The molecule has 6 N–H and O–H groups in total. The zero-order valence-corrected chi connectivity index (χ0v) is 20.7. The van der Waals surface area contributed by atoms with Crippen molar-refractivity contribution in [2.24, 2.45) is 0 Å². The number of hydrogen-bond donors (Lipinski definition) is 6. The normalized spacial score (nSPS) is 14.8. The van der Waals surface area contributed by atoms with Crippen molar-refractivity contribution in [1.29, 1.82) is 0 Å². The van der Waals surface area contributed by atoms with E-state index in [9.17, 15) is 59.4 Å². The van der Waals surface area contributed by atoms with E-state index in [1.165, 1.54) is 0 Å². The standard InChI is InChI=1S/3C4H6O6.Na.Ta/c3*5-1(3(7)8)2(6)4(9)10;;/h3*1-2,5-6H,(H,7,8)(H,9,10);;/q;;;+1;+5/p-6. The predicted octanol–water partition coefficient (Wildman–Crippen LogP) is -17.4. The first-order valence-electron chi connectivity index (χ1n) is 6.73. The van der Waals surface area contributed by atoms with Crippen molar-refractivity contribution in [2.75, 3.05) is 0 Å². The van der Waals surface area contributed by atoms with Gasteiger partial charge in [0.25, 0.3) is 0 Å². The van der Waals surface area contributed by atoms with E-state index < -0.39 is 72.4 Å². The molecule has 0 amide bonds. The first-order chi connectivity index (χ1) is 13.4. The maximum atomic E-state index is 9.63. The Morgan fingerprint density at radius 2 is 0.438 bits per heavy atom. The molecule has 0 saturated heterocycles. The molecule has 18 nitrogen and oxygen atoms in total. The molecule has 0 spiro atoms. The molecule has 0 saturated carbocycles. The zero-order valence-electron chi connectivity index (χ0n) is 15.5. The molecular weight excluding hydrogens is 636 g/mol. The first-order valence-corrected chi connectivity index (χ1v) is 6.73. The fraction of sp³-hybridized carbons (Fsp3) is 0.500. The van der Waals surface area contributed by atoms with E-state index >= 15 is 0 Å². The van der Waals surface area contributed by atoms with E-state index in [2.05, 4.69) is 0 Å². The first kappa shape index (κ1) is 40.7. The van der Waals surface area contributed by atoms with Crippen LogP contribution in [-0.4, -0.2) is 103 Å². The van der Waals surface area contributed by atoms with Gasteiger partial charge in [0.15, 0.2) is 0 Å². The number of aliphatic hydroxyl groups excluding tert-OH is 6. The quantitative estimate of drug-likeness (QED) is 0.126. The molecule has 0 aromatic rings. The summed E-state index contributed by atoms with van der Waals surface area (Å²) in [6.07, 6.45) is -14.6. The molecule has 0 aromatic carbocycles. The Labute approximate surface area is 213 Å². The molecule has 0 rings (SSSR count). The molecule has 6 atom stereocenters. The number of hydrogen-bond acceptors (Lipinski definition) is 18. The van der Waals surface area contributed by atoms with E-state index in [0.29, 0.717) is 0 Å². The summed E-state index contributed by atoms with van der Waals surface area (Å²) < 4.78 is 0. The molecule has 0 fully saturated rings. The van der Waals surface area contributed by atoms with Gasteiger partial charge in [-0.25, -0.2) is 0 Å². The summed E-state index contributed by atoms with van der Waals surface area (Å²) >= 11 is 0. The zero-order chi connectivity index (χ0) is 24.9. The predicted molar refractivity (Wildman–Crippen MR) is 66.1 cm³/mol. The van der Waals surface area contributed by atoms with Crippen LogP contribution in [0, 0.1) is 0 Å². The number of carbonyl (C=O) groups excluding carboxylic acids is 6. The van der Waals surface area contributed by atoms with Crippen LogP contribution in [0.2, 0.25) is 0 Å². The topological polar surface area (TPSA) is 362 Å². The molecule has 6 unspecified atom stereocenters. The minimum Gasteiger partial charge on any atom is -0.547 e. The molecule has 0 aromatic heterocycles. The summed E-state index contributed by atoms with van der Waals surface area (Å²) in [5, 5.41) is 107. The number of rotatable bonds is 9. The number of aliphatic carboxylic acids is 6. The summed E-state index contributed by atoms with van der Waals surface area (Å²) in [6.45, 7) is 0. The van der Waals surface area contributed by atoms with Gasteiger partial charge in [0.05, 0.1) is 35.8 Å². The Kier molecular flexibility index (Phi) is 25.4. The molecule has 20 heteroatoms. The largest absolute Gasteiger partial charge is 5.00 e. The van der Waals surface area contributed by atoms with Crippen molar-refractivity contribution < 1.29 is 142 Å². The van der Waals surface area contributed by atoms with Crippen LogP contribution in [0.15, 0.2) is 0 Å². The van der Waals surface area contributed by atoms with Crippen LogP contribution in [0.1, 0.15) is 0 Å². The van der Waals surface area contributed by atoms with Crippen LogP contribution >= 0.6 is 0 Å². The summed E-state index contributed by atoms with van der Waals surface area (Å²) in [5.41, 5.74) is 0. The molecule has 0 aliphatic carbocycles. The summed E-state index contributed by atoms with van der Waals surface area (Å²) in [6, 6.07) is 0. The van der Waals surface area contributed by atoms with Crippen molar-refractivity contribution in [3.63, 3.8) is 0 Å². The van der Waals surface area contributed by atoms with Crippen molar-refractivity contribution in [1.82, 2.24) is 0 Å². The average molecular weight is 648 g/mol. The second-order valence-electron chi connectivity index (χ2n) is 4.58. The fourth-order valence-corrected chi connectivity index (χ4v) is 0.773. The maximum absolute atomic E-state index is 9.63. The van der Waals surface area contributed by atoms with Gasteiger partial charge >= 0.3 is 51.9 Å². The molecule has 0 aliphatic heterocycles. The Morgan fingerprint density at radius 1 is 0.375 bits per heavy atom. The van der Waals surface area contributed by atoms with Crippen molar-refractivity contribution >= 4 is 35.8 Å². The Balaban J connectivity index is -0.000000110. The molecule has 0 radical (unpaired) electrons. The van der Waals surface area contributed by atoms with E-state index in [4.69, 9.17) is 30.6 Å². The van der Waals surface area contributed by atoms with Gasteiger partial charge in [-0.3, -0.25) is 0 Å². The molecule has 174 valence electrons.